The molecule has 2 aliphatic heterocycles. The molecule has 4 rings (SSSR count). The van der Waals surface area contributed by atoms with Gasteiger partial charge in [-0.1, -0.05) is 0 Å². The number of fused-ring (bicyclic) bond motifs is 1. The van der Waals surface area contributed by atoms with Gasteiger partial charge in [0.05, 0.1) is 18.3 Å². The number of rotatable bonds is 4. The minimum Gasteiger partial charge on any atom is -0.493 e. The monoisotopic (exact) mass is 383 g/mol. The molecule has 0 spiro atoms. The van der Waals surface area contributed by atoms with Crippen LogP contribution in [0.1, 0.15) is 36.6 Å². The van der Waals surface area contributed by atoms with Crippen LogP contribution < -0.4 is 15.4 Å². The second kappa shape index (κ2) is 8.22. The third kappa shape index (κ3) is 3.99. The van der Waals surface area contributed by atoms with Crippen LogP contribution in [0.25, 0.3) is 0 Å². The summed E-state index contributed by atoms with van der Waals surface area (Å²) in [5, 5.41) is 10.4. The minimum atomic E-state index is -0.159. The summed E-state index contributed by atoms with van der Waals surface area (Å²) >= 11 is 0. The van der Waals surface area contributed by atoms with Crippen LogP contribution in [0, 0.1) is 5.92 Å². The zero-order valence-corrected chi connectivity index (χ0v) is 16.6. The molecule has 2 aromatic rings. The van der Waals surface area contributed by atoms with Gasteiger partial charge in [-0.15, -0.1) is 0 Å². The maximum Gasteiger partial charge on any atom is 0.319 e. The van der Waals surface area contributed by atoms with E-state index in [1.807, 2.05) is 36.1 Å². The van der Waals surface area contributed by atoms with E-state index in [0.29, 0.717) is 12.5 Å². The van der Waals surface area contributed by atoms with Crippen molar-refractivity contribution in [2.24, 2.45) is 13.0 Å². The van der Waals surface area contributed by atoms with Gasteiger partial charge < -0.3 is 15.4 Å². The van der Waals surface area contributed by atoms with E-state index in [2.05, 4.69) is 33.7 Å². The zero-order valence-electron chi connectivity index (χ0n) is 16.6. The highest BCUT2D eigenvalue weighted by atomic mass is 16.5. The first-order chi connectivity index (χ1) is 13.6. The summed E-state index contributed by atoms with van der Waals surface area (Å²) in [5.74, 6) is 1.29. The maximum absolute atomic E-state index is 12.5. The number of carbonyl (C=O) groups is 1. The van der Waals surface area contributed by atoms with Crippen molar-refractivity contribution >= 4 is 11.7 Å². The van der Waals surface area contributed by atoms with Crippen LogP contribution in [-0.2, 0) is 13.5 Å². The van der Waals surface area contributed by atoms with Crippen LogP contribution in [0.15, 0.2) is 30.5 Å². The van der Waals surface area contributed by atoms with Gasteiger partial charge in [-0.2, -0.15) is 5.10 Å². The molecule has 0 unspecified atom stereocenters. The van der Waals surface area contributed by atoms with Crippen molar-refractivity contribution in [2.75, 3.05) is 32.1 Å². The predicted molar refractivity (Wildman–Crippen MR) is 109 cm³/mol. The molecule has 28 heavy (non-hydrogen) atoms. The Kier molecular flexibility index (Phi) is 5.52. The van der Waals surface area contributed by atoms with Crippen molar-refractivity contribution in [2.45, 2.75) is 31.7 Å². The number of hydrogen-bond donors (Lipinski definition) is 2. The molecule has 0 saturated carbocycles. The van der Waals surface area contributed by atoms with Crippen LogP contribution in [0.2, 0.25) is 0 Å². The number of aryl methyl sites for hydroxylation is 2. The number of hydrogen-bond acceptors (Lipinski definition) is 4. The fourth-order valence-corrected chi connectivity index (χ4v) is 4.45. The number of piperidine rings is 1. The number of ether oxygens (including phenoxy) is 1. The van der Waals surface area contributed by atoms with E-state index >= 15 is 0 Å². The molecular weight excluding hydrogens is 354 g/mol. The molecule has 3 heterocycles. The van der Waals surface area contributed by atoms with Gasteiger partial charge in [0, 0.05) is 25.5 Å². The first-order valence-corrected chi connectivity index (χ1v) is 10.1. The van der Waals surface area contributed by atoms with Crippen LogP contribution in [0.3, 0.4) is 0 Å². The molecule has 2 N–H and O–H groups in total. The summed E-state index contributed by atoms with van der Waals surface area (Å²) < 4.78 is 7.58. The highest BCUT2D eigenvalue weighted by Crippen LogP contribution is 2.34. The zero-order chi connectivity index (χ0) is 19.5. The third-order valence-corrected chi connectivity index (χ3v) is 5.86. The topological polar surface area (TPSA) is 71.4 Å². The minimum absolute atomic E-state index is 0.159. The average molecular weight is 383 g/mol. The van der Waals surface area contributed by atoms with Gasteiger partial charge in [0.2, 0.25) is 0 Å². The maximum atomic E-state index is 12.5. The molecular formula is C21H29N5O2. The second-order valence-electron chi connectivity index (χ2n) is 7.82. The number of nitrogens with one attached hydrogen (secondary N) is 2. The smallest absolute Gasteiger partial charge is 0.319 e. The SMILES string of the molecule is CN1CCC[C@@H](CNC(=O)Nc2ccc3c(c2)CCCO3)[C@@H]1c1ccnn1C. The number of benzene rings is 1. The lowest BCUT2D eigenvalue weighted by Gasteiger charge is -2.39. The van der Waals surface area contributed by atoms with Crippen LogP contribution in [0.4, 0.5) is 10.5 Å². The van der Waals surface area contributed by atoms with E-state index in [1.165, 1.54) is 5.69 Å². The predicted octanol–water partition coefficient (Wildman–Crippen LogP) is 2.95. The fourth-order valence-electron chi connectivity index (χ4n) is 4.45. The summed E-state index contributed by atoms with van der Waals surface area (Å²) in [6.45, 7) is 2.48. The summed E-state index contributed by atoms with van der Waals surface area (Å²) in [4.78, 5) is 14.8. The molecule has 7 nitrogen and oxygen atoms in total. The van der Waals surface area contributed by atoms with Gasteiger partial charge in [0.15, 0.2) is 0 Å². The molecule has 1 saturated heterocycles. The second-order valence-corrected chi connectivity index (χ2v) is 7.82. The molecule has 0 bridgehead atoms. The highest BCUT2D eigenvalue weighted by molar-refractivity contribution is 5.89. The Morgan fingerprint density at radius 2 is 2.18 bits per heavy atom. The van der Waals surface area contributed by atoms with Gasteiger partial charge in [-0.05, 0) is 75.0 Å². The quantitative estimate of drug-likeness (QED) is 0.852. The lowest BCUT2D eigenvalue weighted by atomic mass is 9.87. The average Bonchev–Trinajstić information content (AvgIpc) is 3.12. The van der Waals surface area contributed by atoms with E-state index in [0.717, 1.165) is 55.8 Å². The lowest BCUT2D eigenvalue weighted by Crippen LogP contribution is -2.43. The Morgan fingerprint density at radius 1 is 1.29 bits per heavy atom. The summed E-state index contributed by atoms with van der Waals surface area (Å²) in [6.07, 6.45) is 6.09. The molecule has 2 atom stereocenters. The number of aromatic nitrogens is 2. The lowest BCUT2D eigenvalue weighted by molar-refractivity contribution is 0.114. The Morgan fingerprint density at radius 3 is 3.00 bits per heavy atom. The van der Waals surface area contributed by atoms with Crippen LogP contribution in [0.5, 0.6) is 5.75 Å². The number of amides is 2. The van der Waals surface area contributed by atoms with Crippen LogP contribution in [-0.4, -0.2) is 47.5 Å². The summed E-state index contributed by atoms with van der Waals surface area (Å²) in [7, 11) is 4.13. The van der Waals surface area contributed by atoms with Crippen molar-refractivity contribution < 1.29 is 9.53 Å². The summed E-state index contributed by atoms with van der Waals surface area (Å²) in [6, 6.07) is 8.04. The molecule has 2 aliphatic rings. The van der Waals surface area contributed by atoms with Crippen molar-refractivity contribution in [1.29, 1.82) is 0 Å². The Hall–Kier alpha value is -2.54. The Balaban J connectivity index is 1.37. The Bertz CT molecular complexity index is 834. The number of nitrogens with zero attached hydrogens (tertiary/aromatic N) is 3. The number of carbonyl (C=O) groups excluding carboxylic acids is 1. The normalized spacial score (nSPS) is 22.2. The van der Waals surface area contributed by atoms with E-state index in [-0.39, 0.29) is 12.1 Å². The molecule has 1 aromatic carbocycles. The fraction of sp³-hybridized carbons (Fsp3) is 0.524. The van der Waals surface area contributed by atoms with Crippen molar-refractivity contribution in [1.82, 2.24) is 20.0 Å². The van der Waals surface area contributed by atoms with Crippen molar-refractivity contribution in [3.63, 3.8) is 0 Å². The molecule has 1 fully saturated rings. The first-order valence-electron chi connectivity index (χ1n) is 10.1. The van der Waals surface area contributed by atoms with E-state index in [9.17, 15) is 4.79 Å². The van der Waals surface area contributed by atoms with Crippen molar-refractivity contribution in [3.8, 4) is 5.75 Å². The molecule has 7 heteroatoms. The summed E-state index contributed by atoms with van der Waals surface area (Å²) in [5.41, 5.74) is 3.17. The molecule has 0 radical (unpaired) electrons. The van der Waals surface area contributed by atoms with E-state index in [4.69, 9.17) is 4.74 Å². The molecule has 2 amide bonds. The number of urea groups is 1. The van der Waals surface area contributed by atoms with Gasteiger partial charge in [-0.3, -0.25) is 9.58 Å². The van der Waals surface area contributed by atoms with Gasteiger partial charge in [0.25, 0.3) is 0 Å². The van der Waals surface area contributed by atoms with Gasteiger partial charge in [-0.25, -0.2) is 4.79 Å². The van der Waals surface area contributed by atoms with Crippen molar-refractivity contribution in [3.05, 3.63) is 41.7 Å². The third-order valence-electron chi connectivity index (χ3n) is 5.86. The number of anilines is 1. The number of likely N-dealkylation sites (tertiary alicyclic amines) is 1. The van der Waals surface area contributed by atoms with E-state index in [1.54, 1.807) is 0 Å². The van der Waals surface area contributed by atoms with Crippen LogP contribution >= 0.6 is 0 Å². The molecule has 0 aliphatic carbocycles. The van der Waals surface area contributed by atoms with Gasteiger partial charge >= 0.3 is 6.03 Å². The van der Waals surface area contributed by atoms with Gasteiger partial charge in [0.1, 0.15) is 5.75 Å². The van der Waals surface area contributed by atoms with E-state index < -0.39 is 0 Å². The Labute approximate surface area is 166 Å². The molecule has 1 aromatic heterocycles. The highest BCUT2D eigenvalue weighted by Gasteiger charge is 2.32. The first kappa shape index (κ1) is 18.8. The molecule has 150 valence electrons. The largest absolute Gasteiger partial charge is 0.493 e. The standard InChI is InChI=1S/C21H29N5O2/c1-25-11-3-5-16(20(25)18-9-10-23-26(18)2)14-22-21(27)24-17-7-8-19-15(13-17)6-4-12-28-19/h7-10,13,16,20H,3-6,11-12,14H2,1-2H3,(H2,22,24,27)/t16-,20+/m0/s1.